The van der Waals surface area contributed by atoms with Crippen LogP contribution in [0.1, 0.15) is 31.3 Å². The average Bonchev–Trinajstić information content (AvgIpc) is 3.13. The van der Waals surface area contributed by atoms with Crippen LogP contribution in [-0.2, 0) is 0 Å². The summed E-state index contributed by atoms with van der Waals surface area (Å²) in [5, 5.41) is 3.43. The second-order valence-corrected chi connectivity index (χ2v) is 8.11. The molecule has 3 N–H and O–H groups in total. The number of hydrogen-bond acceptors (Lipinski definition) is 6. The number of nitrogen functional groups attached to an aromatic ring is 1. The maximum Gasteiger partial charge on any atom is 0.267 e. The number of ether oxygens (including phenoxy) is 1. The van der Waals surface area contributed by atoms with Crippen molar-refractivity contribution in [1.29, 1.82) is 0 Å². The van der Waals surface area contributed by atoms with Gasteiger partial charge in [0.1, 0.15) is 15.5 Å². The third-order valence-electron chi connectivity index (χ3n) is 4.94. The van der Waals surface area contributed by atoms with Crippen molar-refractivity contribution in [3.8, 4) is 5.75 Å². The number of hydrogen-bond donors (Lipinski definition) is 2. The molecule has 0 aliphatic heterocycles. The number of thiophene rings is 1. The predicted molar refractivity (Wildman–Crippen MR) is 130 cm³/mol. The van der Waals surface area contributed by atoms with E-state index in [0.29, 0.717) is 43.5 Å². The molecule has 0 radical (unpaired) electrons. The van der Waals surface area contributed by atoms with Crippen LogP contribution in [0, 0.1) is 6.92 Å². The fourth-order valence-corrected chi connectivity index (χ4v) is 4.28. The normalized spacial score (nSPS) is 11.1. The number of amides is 1. The Bertz CT molecular complexity index is 1340. The topological polar surface area (TPSA) is 94.3 Å². The number of carbonyl (C=O) groups is 2. The van der Waals surface area contributed by atoms with Crippen LogP contribution < -0.4 is 15.8 Å². The Morgan fingerprint density at radius 1 is 1.09 bits per heavy atom. The summed E-state index contributed by atoms with van der Waals surface area (Å²) in [6.45, 7) is 1.77. The molecule has 0 aliphatic rings. The largest absolute Gasteiger partial charge is 0.497 e. The number of methoxy groups -OCH3 is 1. The second-order valence-electron chi connectivity index (χ2n) is 7.11. The summed E-state index contributed by atoms with van der Waals surface area (Å²) >= 11 is 1.21. The zero-order chi connectivity index (χ0) is 22.7. The number of allylic oxidation sites excluding steroid dienone is 1. The van der Waals surface area contributed by atoms with Crippen molar-refractivity contribution >= 4 is 50.7 Å². The standard InChI is InChI=1S/C25H21N3O3S/c1-15-19(21(29)12-11-16-7-6-10-18(13-16)31-2)14-20-22(26)23(32-25(20)27-15)24(30)28-17-8-4-3-5-9-17/h3-14H,26H2,1-2H3,(H,28,30)/b12-11+. The van der Waals surface area contributed by atoms with Crippen LogP contribution in [0.5, 0.6) is 5.75 Å². The van der Waals surface area contributed by atoms with Crippen LogP contribution in [0.3, 0.4) is 0 Å². The number of carbonyl (C=O) groups excluding carboxylic acids is 2. The van der Waals surface area contributed by atoms with Gasteiger partial charge < -0.3 is 15.8 Å². The summed E-state index contributed by atoms with van der Waals surface area (Å²) < 4.78 is 5.21. The number of nitrogens with two attached hydrogens (primary N) is 1. The van der Waals surface area contributed by atoms with Crippen LogP contribution in [-0.4, -0.2) is 23.8 Å². The van der Waals surface area contributed by atoms with E-state index >= 15 is 0 Å². The molecule has 0 saturated carbocycles. The summed E-state index contributed by atoms with van der Waals surface area (Å²) in [5.41, 5.74) is 9.14. The first-order valence-corrected chi connectivity index (χ1v) is 10.7. The molecule has 160 valence electrons. The van der Waals surface area contributed by atoms with Crippen LogP contribution in [0.2, 0.25) is 0 Å². The number of pyridine rings is 1. The maximum absolute atomic E-state index is 12.9. The van der Waals surface area contributed by atoms with Crippen LogP contribution >= 0.6 is 11.3 Å². The molecule has 0 fully saturated rings. The Labute approximate surface area is 189 Å². The van der Waals surface area contributed by atoms with Crippen molar-refractivity contribution in [2.75, 3.05) is 18.2 Å². The third kappa shape index (κ3) is 4.38. The van der Waals surface area contributed by atoms with Crippen molar-refractivity contribution in [1.82, 2.24) is 4.98 Å². The molecule has 2 aromatic carbocycles. The van der Waals surface area contributed by atoms with Crippen LogP contribution in [0.4, 0.5) is 11.4 Å². The number of fused-ring (bicyclic) bond motifs is 1. The van der Waals surface area contributed by atoms with Gasteiger partial charge in [-0.15, -0.1) is 11.3 Å². The van der Waals surface area contributed by atoms with Gasteiger partial charge in [0.05, 0.1) is 18.5 Å². The molecule has 0 bridgehead atoms. The Kier molecular flexibility index (Phi) is 6.00. The van der Waals surface area contributed by atoms with Gasteiger partial charge in [-0.2, -0.15) is 0 Å². The molecule has 1 amide bonds. The number of benzene rings is 2. The van der Waals surface area contributed by atoms with E-state index in [-0.39, 0.29) is 11.7 Å². The summed E-state index contributed by atoms with van der Waals surface area (Å²) in [5.74, 6) is 0.215. The van der Waals surface area contributed by atoms with Crippen molar-refractivity contribution in [3.63, 3.8) is 0 Å². The number of anilines is 2. The lowest BCUT2D eigenvalue weighted by atomic mass is 10.1. The van der Waals surface area contributed by atoms with Crippen molar-refractivity contribution < 1.29 is 14.3 Å². The molecule has 6 nitrogen and oxygen atoms in total. The fraction of sp³-hybridized carbons (Fsp3) is 0.0800. The molecule has 4 aromatic rings. The number of aromatic nitrogens is 1. The van der Waals surface area contributed by atoms with E-state index in [9.17, 15) is 9.59 Å². The van der Waals surface area contributed by atoms with Crippen LogP contribution in [0.25, 0.3) is 16.3 Å². The van der Waals surface area contributed by atoms with E-state index in [1.54, 1.807) is 38.3 Å². The van der Waals surface area contributed by atoms with E-state index in [4.69, 9.17) is 10.5 Å². The Hall–Kier alpha value is -3.97. The van der Waals surface area contributed by atoms with Gasteiger partial charge in [-0.1, -0.05) is 36.4 Å². The van der Waals surface area contributed by atoms with Crippen molar-refractivity contribution in [3.05, 3.63) is 88.4 Å². The van der Waals surface area contributed by atoms with Gasteiger partial charge in [0.25, 0.3) is 5.91 Å². The first-order chi connectivity index (χ1) is 15.5. The molecule has 0 spiro atoms. The summed E-state index contributed by atoms with van der Waals surface area (Å²) in [7, 11) is 1.60. The second kappa shape index (κ2) is 9.03. The Morgan fingerprint density at radius 3 is 2.62 bits per heavy atom. The lowest BCUT2D eigenvalue weighted by molar-refractivity contribution is 0.102. The highest BCUT2D eigenvalue weighted by atomic mass is 32.1. The lowest BCUT2D eigenvalue weighted by Gasteiger charge is -2.04. The minimum absolute atomic E-state index is 0.194. The quantitative estimate of drug-likeness (QED) is 0.310. The minimum Gasteiger partial charge on any atom is -0.497 e. The molecule has 2 aromatic heterocycles. The number of aryl methyl sites for hydroxylation is 1. The molecule has 32 heavy (non-hydrogen) atoms. The number of ketones is 1. The van der Waals surface area contributed by atoms with Gasteiger partial charge in [0.15, 0.2) is 5.78 Å². The highest BCUT2D eigenvalue weighted by molar-refractivity contribution is 7.21. The molecule has 0 atom stereocenters. The molecule has 0 aliphatic carbocycles. The van der Waals surface area contributed by atoms with Gasteiger partial charge in [0, 0.05) is 16.6 Å². The van der Waals surface area contributed by atoms with Crippen molar-refractivity contribution in [2.45, 2.75) is 6.92 Å². The van der Waals surface area contributed by atoms with E-state index < -0.39 is 0 Å². The SMILES string of the molecule is COc1cccc(/C=C/C(=O)c2cc3c(N)c(C(=O)Nc4ccccc4)sc3nc2C)c1. The lowest BCUT2D eigenvalue weighted by Crippen LogP contribution is -2.11. The van der Waals surface area contributed by atoms with Gasteiger partial charge in [-0.25, -0.2) is 4.98 Å². The summed E-state index contributed by atoms with van der Waals surface area (Å²) in [6.07, 6.45) is 3.22. The predicted octanol–water partition coefficient (Wildman–Crippen LogP) is 5.34. The highest BCUT2D eigenvalue weighted by Crippen LogP contribution is 2.34. The minimum atomic E-state index is -0.305. The zero-order valence-corrected chi connectivity index (χ0v) is 18.4. The number of nitrogens with zero attached hydrogens (tertiary/aromatic N) is 1. The first-order valence-electron chi connectivity index (χ1n) is 9.88. The van der Waals surface area contributed by atoms with E-state index in [1.165, 1.54) is 17.4 Å². The first kappa shape index (κ1) is 21.3. The smallest absolute Gasteiger partial charge is 0.267 e. The molecular formula is C25H21N3O3S. The van der Waals surface area contributed by atoms with Gasteiger partial charge in [-0.3, -0.25) is 9.59 Å². The maximum atomic E-state index is 12.9. The zero-order valence-electron chi connectivity index (χ0n) is 17.6. The van der Waals surface area contributed by atoms with E-state index in [0.717, 1.165) is 5.56 Å². The van der Waals surface area contributed by atoms with Gasteiger partial charge in [0.2, 0.25) is 0 Å². The molecular weight excluding hydrogens is 422 g/mol. The van der Waals surface area contributed by atoms with Gasteiger partial charge in [-0.05, 0) is 48.9 Å². The molecule has 0 unspecified atom stereocenters. The monoisotopic (exact) mass is 443 g/mol. The number of rotatable bonds is 6. The fourth-order valence-electron chi connectivity index (χ4n) is 3.26. The van der Waals surface area contributed by atoms with Gasteiger partial charge >= 0.3 is 0 Å². The summed E-state index contributed by atoms with van der Waals surface area (Å²) in [4.78, 5) is 31.1. The molecule has 2 heterocycles. The molecule has 0 saturated heterocycles. The number of para-hydroxylation sites is 1. The van der Waals surface area contributed by atoms with E-state index in [2.05, 4.69) is 10.3 Å². The Morgan fingerprint density at radius 2 is 1.88 bits per heavy atom. The van der Waals surface area contributed by atoms with Crippen molar-refractivity contribution in [2.24, 2.45) is 0 Å². The third-order valence-corrected chi connectivity index (χ3v) is 6.05. The van der Waals surface area contributed by atoms with E-state index in [1.807, 2.05) is 42.5 Å². The average molecular weight is 444 g/mol. The number of nitrogens with one attached hydrogen (secondary N) is 1. The molecule has 7 heteroatoms. The molecule has 4 rings (SSSR count). The van der Waals surface area contributed by atoms with Crippen LogP contribution in [0.15, 0.2) is 66.7 Å². The highest BCUT2D eigenvalue weighted by Gasteiger charge is 2.20. The summed E-state index contributed by atoms with van der Waals surface area (Å²) in [6, 6.07) is 18.3. The Balaban J connectivity index is 1.62.